The van der Waals surface area contributed by atoms with Gasteiger partial charge in [-0.25, -0.2) is 14.4 Å². The molecule has 7 heteroatoms. The minimum absolute atomic E-state index is 0.0624. The maximum atomic E-state index is 14.9. The number of aromatic nitrogens is 2. The van der Waals surface area contributed by atoms with Crippen molar-refractivity contribution in [2.75, 3.05) is 29.5 Å². The van der Waals surface area contributed by atoms with E-state index in [1.54, 1.807) is 29.3 Å². The van der Waals surface area contributed by atoms with Gasteiger partial charge < -0.3 is 9.80 Å². The molecule has 0 aliphatic carbocycles. The van der Waals surface area contributed by atoms with Crippen LogP contribution in [0.5, 0.6) is 0 Å². The highest BCUT2D eigenvalue weighted by atomic mass is 32.2. The van der Waals surface area contributed by atoms with Crippen molar-refractivity contribution in [3.05, 3.63) is 77.2 Å². The van der Waals surface area contributed by atoms with Crippen LogP contribution in [-0.2, 0) is 12.0 Å². The number of hydrogen-bond acceptors (Lipinski definition) is 5. The van der Waals surface area contributed by atoms with Gasteiger partial charge in [-0.15, -0.1) is 0 Å². The molecule has 1 aliphatic rings. The molecule has 5 nitrogen and oxygen atoms in total. The molecule has 0 spiro atoms. The number of halogens is 1. The summed E-state index contributed by atoms with van der Waals surface area (Å²) in [6.07, 6.45) is 1.58. The number of benzene rings is 2. The summed E-state index contributed by atoms with van der Waals surface area (Å²) in [4.78, 5) is 27.1. The average Bonchev–Trinajstić information content (AvgIpc) is 2.87. The molecule has 1 aromatic heterocycles. The second-order valence-electron chi connectivity index (χ2n) is 10.5. The van der Waals surface area contributed by atoms with E-state index in [0.717, 1.165) is 30.2 Å². The summed E-state index contributed by atoms with van der Waals surface area (Å²) < 4.78 is 14.9. The van der Waals surface area contributed by atoms with Crippen LogP contribution in [0.1, 0.15) is 56.1 Å². The molecule has 2 heterocycles. The number of rotatable bonds is 6. The van der Waals surface area contributed by atoms with Gasteiger partial charge in [0.25, 0.3) is 5.91 Å². The Morgan fingerprint density at radius 3 is 2.36 bits per heavy atom. The fourth-order valence-corrected chi connectivity index (χ4v) is 5.16. The second-order valence-corrected chi connectivity index (χ2v) is 11.7. The van der Waals surface area contributed by atoms with Gasteiger partial charge in [-0.2, -0.15) is 11.8 Å². The first-order valence-corrected chi connectivity index (χ1v) is 13.7. The number of thioether (sulfide) groups is 1. The smallest absolute Gasteiger partial charge is 0.258 e. The first kappa shape index (κ1) is 26.1. The molecule has 2 aromatic carbocycles. The van der Waals surface area contributed by atoms with E-state index >= 15 is 0 Å². The predicted molar refractivity (Wildman–Crippen MR) is 147 cm³/mol. The maximum Gasteiger partial charge on any atom is 0.258 e. The third-order valence-corrected chi connectivity index (χ3v) is 7.43. The number of nitrogens with zero attached hydrogens (tertiary/aromatic N) is 4. The molecule has 0 saturated carbocycles. The van der Waals surface area contributed by atoms with E-state index in [1.807, 2.05) is 25.6 Å². The fraction of sp³-hybridized carbons (Fsp3) is 0.414. The van der Waals surface area contributed by atoms with Crippen LogP contribution in [0.2, 0.25) is 0 Å². The number of amides is 1. The van der Waals surface area contributed by atoms with Gasteiger partial charge >= 0.3 is 0 Å². The summed E-state index contributed by atoms with van der Waals surface area (Å²) in [5.74, 6) is 1.92. The van der Waals surface area contributed by atoms with Crippen molar-refractivity contribution < 1.29 is 9.18 Å². The van der Waals surface area contributed by atoms with E-state index in [1.165, 1.54) is 11.6 Å². The molecule has 0 N–H and O–H groups in total. The lowest BCUT2D eigenvalue weighted by atomic mass is 9.86. The molecule has 0 atom stereocenters. The van der Waals surface area contributed by atoms with Crippen molar-refractivity contribution in [2.45, 2.75) is 52.6 Å². The van der Waals surface area contributed by atoms with Crippen molar-refractivity contribution in [2.24, 2.45) is 0 Å². The highest BCUT2D eigenvalue weighted by Gasteiger charge is 2.26. The van der Waals surface area contributed by atoms with E-state index in [9.17, 15) is 9.18 Å². The van der Waals surface area contributed by atoms with Gasteiger partial charge in [0.2, 0.25) is 5.95 Å². The summed E-state index contributed by atoms with van der Waals surface area (Å²) in [7, 11) is 0. The monoisotopic (exact) mass is 506 g/mol. The van der Waals surface area contributed by atoms with E-state index in [-0.39, 0.29) is 17.4 Å². The highest BCUT2D eigenvalue weighted by Crippen LogP contribution is 2.29. The first-order chi connectivity index (χ1) is 17.1. The first-order valence-electron chi connectivity index (χ1n) is 12.5. The largest absolute Gasteiger partial charge is 0.339 e. The average molecular weight is 507 g/mol. The zero-order chi connectivity index (χ0) is 25.9. The Hall–Kier alpha value is -2.93. The molecule has 1 aliphatic heterocycles. The van der Waals surface area contributed by atoms with Gasteiger partial charge in [0.15, 0.2) is 0 Å². The molecule has 3 aromatic rings. The minimum Gasteiger partial charge on any atom is -0.339 e. The third kappa shape index (κ3) is 5.89. The van der Waals surface area contributed by atoms with Crippen molar-refractivity contribution in [3.63, 3.8) is 0 Å². The Bertz CT molecular complexity index is 1200. The summed E-state index contributed by atoms with van der Waals surface area (Å²) in [6.45, 7) is 12.6. The lowest BCUT2D eigenvalue weighted by molar-refractivity contribution is 0.0690. The quantitative estimate of drug-likeness (QED) is 0.399. The summed E-state index contributed by atoms with van der Waals surface area (Å²) in [6, 6.07) is 14.8. The maximum absolute atomic E-state index is 14.9. The van der Waals surface area contributed by atoms with Gasteiger partial charge in [-0.1, -0.05) is 57.2 Å². The van der Waals surface area contributed by atoms with Crippen LogP contribution in [0.4, 0.5) is 10.3 Å². The molecular weight excluding hydrogens is 471 g/mol. The Morgan fingerprint density at radius 1 is 1.08 bits per heavy atom. The highest BCUT2D eigenvalue weighted by molar-refractivity contribution is 7.99. The molecule has 1 fully saturated rings. The van der Waals surface area contributed by atoms with Gasteiger partial charge in [0.1, 0.15) is 5.82 Å². The normalized spacial score (nSPS) is 14.2. The topological polar surface area (TPSA) is 49.3 Å². The molecule has 0 bridgehead atoms. The molecule has 0 unspecified atom stereocenters. The number of anilines is 1. The predicted octanol–water partition coefficient (Wildman–Crippen LogP) is 6.18. The Labute approximate surface area is 218 Å². The molecule has 1 saturated heterocycles. The fourth-order valence-electron chi connectivity index (χ4n) is 4.25. The Kier molecular flexibility index (Phi) is 7.98. The van der Waals surface area contributed by atoms with E-state index in [0.29, 0.717) is 29.3 Å². The Morgan fingerprint density at radius 2 is 1.75 bits per heavy atom. The van der Waals surface area contributed by atoms with E-state index in [2.05, 4.69) is 54.9 Å². The lowest BCUT2D eigenvalue weighted by Crippen LogP contribution is -2.37. The van der Waals surface area contributed by atoms with Crippen molar-refractivity contribution in [1.82, 2.24) is 14.9 Å². The second kappa shape index (κ2) is 11.0. The van der Waals surface area contributed by atoms with Gasteiger partial charge in [-0.3, -0.25) is 4.79 Å². The van der Waals surface area contributed by atoms with Gasteiger partial charge in [-0.05, 0) is 42.5 Å². The van der Waals surface area contributed by atoms with Crippen LogP contribution in [0, 0.1) is 5.82 Å². The van der Waals surface area contributed by atoms with Crippen LogP contribution in [-0.4, -0.2) is 51.4 Å². The van der Waals surface area contributed by atoms with E-state index < -0.39 is 5.82 Å². The third-order valence-electron chi connectivity index (χ3n) is 6.49. The van der Waals surface area contributed by atoms with Crippen molar-refractivity contribution in [1.29, 1.82) is 0 Å². The van der Waals surface area contributed by atoms with Crippen LogP contribution in [0.25, 0.3) is 11.3 Å². The van der Waals surface area contributed by atoms with Crippen LogP contribution >= 0.6 is 11.8 Å². The zero-order valence-corrected chi connectivity index (χ0v) is 22.6. The van der Waals surface area contributed by atoms with Crippen LogP contribution < -0.4 is 4.90 Å². The van der Waals surface area contributed by atoms with Crippen molar-refractivity contribution in [3.8, 4) is 11.3 Å². The Balaban J connectivity index is 1.70. The van der Waals surface area contributed by atoms with Crippen LogP contribution in [0.15, 0.2) is 54.7 Å². The lowest BCUT2D eigenvalue weighted by Gasteiger charge is -2.29. The number of hydrogen-bond donors (Lipinski definition) is 0. The van der Waals surface area contributed by atoms with Gasteiger partial charge in [0.05, 0.1) is 11.3 Å². The van der Waals surface area contributed by atoms with Crippen molar-refractivity contribution >= 4 is 23.6 Å². The molecule has 36 heavy (non-hydrogen) atoms. The summed E-state index contributed by atoms with van der Waals surface area (Å²) in [5, 5.41) is 0. The number of carbonyl (C=O) groups is 1. The molecule has 0 radical (unpaired) electrons. The summed E-state index contributed by atoms with van der Waals surface area (Å²) in [5.41, 5.74) is 3.32. The number of carbonyl (C=O) groups excluding carboxylic acids is 1. The molecule has 190 valence electrons. The minimum atomic E-state index is -0.403. The summed E-state index contributed by atoms with van der Waals surface area (Å²) >= 11 is 1.90. The van der Waals surface area contributed by atoms with Crippen LogP contribution in [0.3, 0.4) is 0 Å². The standard InChI is InChI=1S/C29H35FN4OS/c1-20(2)34(19-21-10-12-22(13-11-21)29(3,4)5)27(35)24-18-31-28(33-14-16-36-17-15-33)32-26(24)23-8-6-7-9-25(23)30/h6-13,18,20H,14-17,19H2,1-5H3. The SMILES string of the molecule is CC(C)N(Cc1ccc(C(C)(C)C)cc1)C(=O)c1cnc(N2CCSCC2)nc1-c1ccccc1F. The molecule has 1 amide bonds. The van der Waals surface area contributed by atoms with Gasteiger partial charge in [0, 0.05) is 48.9 Å². The zero-order valence-electron chi connectivity index (χ0n) is 21.8. The molecular formula is C29H35FN4OS. The molecule has 4 rings (SSSR count). The van der Waals surface area contributed by atoms with E-state index in [4.69, 9.17) is 4.98 Å².